The lowest BCUT2D eigenvalue weighted by Crippen LogP contribution is -2.16. The lowest BCUT2D eigenvalue weighted by molar-refractivity contribution is 0.235. The van der Waals surface area contributed by atoms with E-state index in [0.29, 0.717) is 0 Å². The van der Waals surface area contributed by atoms with Gasteiger partial charge in [0.15, 0.2) is 5.05 Å². The average molecular weight is 130 g/mol. The van der Waals surface area contributed by atoms with Crippen LogP contribution in [-0.4, -0.2) is 11.7 Å². The van der Waals surface area contributed by atoms with Crippen LogP contribution in [0.5, 0.6) is 0 Å². The summed E-state index contributed by atoms with van der Waals surface area (Å²) >= 11 is 4.86. The molecule has 1 rings (SSSR count). The van der Waals surface area contributed by atoms with Gasteiger partial charge in [-0.2, -0.15) is 0 Å². The van der Waals surface area contributed by atoms with E-state index in [1.54, 1.807) is 0 Å². The van der Waals surface area contributed by atoms with E-state index in [9.17, 15) is 0 Å². The van der Waals surface area contributed by atoms with Crippen LogP contribution in [0.3, 0.4) is 0 Å². The van der Waals surface area contributed by atoms with E-state index in [-0.39, 0.29) is 0 Å². The highest BCUT2D eigenvalue weighted by Crippen LogP contribution is 2.14. The average Bonchev–Trinajstić information content (AvgIpc) is 1.64. The largest absolute Gasteiger partial charge is 0.487 e. The molecule has 2 heteroatoms. The topological polar surface area (TPSA) is 9.23 Å². The zero-order chi connectivity index (χ0) is 5.98. The van der Waals surface area contributed by atoms with Gasteiger partial charge in [-0.3, -0.25) is 0 Å². The molecule has 0 spiro atoms. The Bertz CT molecular complexity index is 101. The van der Waals surface area contributed by atoms with Crippen molar-refractivity contribution in [2.75, 3.05) is 6.61 Å². The molecule has 0 aromatic rings. The van der Waals surface area contributed by atoms with Crippen LogP contribution in [-0.2, 0) is 4.74 Å². The van der Waals surface area contributed by atoms with Crippen LogP contribution < -0.4 is 0 Å². The van der Waals surface area contributed by atoms with Crippen molar-refractivity contribution in [2.24, 2.45) is 5.92 Å². The minimum Gasteiger partial charge on any atom is -0.487 e. The normalized spacial score (nSPS) is 29.6. The van der Waals surface area contributed by atoms with Gasteiger partial charge in [0, 0.05) is 6.42 Å². The molecule has 0 aliphatic carbocycles. The Morgan fingerprint density at radius 2 is 2.50 bits per heavy atom. The predicted octanol–water partition coefficient (Wildman–Crippen LogP) is 1.76. The summed E-state index contributed by atoms with van der Waals surface area (Å²) in [7, 11) is 0. The summed E-state index contributed by atoms with van der Waals surface area (Å²) in [5.74, 6) is 0.747. The summed E-state index contributed by atoms with van der Waals surface area (Å²) in [6.45, 7) is 3.04. The van der Waals surface area contributed by atoms with E-state index in [0.717, 1.165) is 24.0 Å². The monoisotopic (exact) mass is 130 g/mol. The number of ether oxygens (including phenoxy) is 1. The van der Waals surface area contributed by atoms with Gasteiger partial charge in [0.2, 0.25) is 0 Å². The molecule has 1 aliphatic rings. The molecular weight excluding hydrogens is 120 g/mol. The minimum atomic E-state index is 0.747. The SMILES string of the molecule is CC1CCOC(=S)C1. The Kier molecular flexibility index (Phi) is 1.84. The highest BCUT2D eigenvalue weighted by Gasteiger charge is 2.12. The molecule has 1 heterocycles. The highest BCUT2D eigenvalue weighted by molar-refractivity contribution is 7.80. The van der Waals surface area contributed by atoms with E-state index in [4.69, 9.17) is 17.0 Å². The second-order valence-corrected chi connectivity index (χ2v) is 2.77. The first-order valence-corrected chi connectivity index (χ1v) is 3.35. The summed E-state index contributed by atoms with van der Waals surface area (Å²) in [6, 6.07) is 0. The number of hydrogen-bond acceptors (Lipinski definition) is 2. The van der Waals surface area contributed by atoms with Crippen molar-refractivity contribution in [3.63, 3.8) is 0 Å². The molecule has 0 radical (unpaired) electrons. The molecule has 0 aromatic carbocycles. The molecule has 0 N–H and O–H groups in total. The molecule has 0 aromatic heterocycles. The molecule has 0 saturated carbocycles. The lowest BCUT2D eigenvalue weighted by atomic mass is 10.0. The third kappa shape index (κ3) is 1.44. The van der Waals surface area contributed by atoms with Crippen LogP contribution in [0.4, 0.5) is 0 Å². The Morgan fingerprint density at radius 3 is 2.88 bits per heavy atom. The molecule has 1 unspecified atom stereocenters. The molecule has 1 nitrogen and oxygen atoms in total. The molecule has 1 aliphatic heterocycles. The van der Waals surface area contributed by atoms with E-state index in [1.165, 1.54) is 6.42 Å². The van der Waals surface area contributed by atoms with Gasteiger partial charge in [0.1, 0.15) is 0 Å². The molecule has 1 fully saturated rings. The third-order valence-electron chi connectivity index (χ3n) is 1.39. The Hall–Kier alpha value is -0.110. The smallest absolute Gasteiger partial charge is 0.159 e. The van der Waals surface area contributed by atoms with E-state index >= 15 is 0 Å². The molecule has 46 valence electrons. The Morgan fingerprint density at radius 1 is 1.75 bits per heavy atom. The fourth-order valence-corrected chi connectivity index (χ4v) is 1.19. The van der Waals surface area contributed by atoms with Crippen molar-refractivity contribution >= 4 is 17.3 Å². The second-order valence-electron chi connectivity index (χ2n) is 2.32. The fourth-order valence-electron chi connectivity index (χ4n) is 0.819. The van der Waals surface area contributed by atoms with Crippen molar-refractivity contribution in [2.45, 2.75) is 19.8 Å². The van der Waals surface area contributed by atoms with E-state index in [2.05, 4.69) is 6.92 Å². The zero-order valence-electron chi connectivity index (χ0n) is 5.02. The van der Waals surface area contributed by atoms with E-state index < -0.39 is 0 Å². The summed E-state index contributed by atoms with van der Waals surface area (Å²) in [4.78, 5) is 0. The minimum absolute atomic E-state index is 0.747. The molecular formula is C6H10OS. The van der Waals surface area contributed by atoms with Crippen LogP contribution in [0.2, 0.25) is 0 Å². The van der Waals surface area contributed by atoms with Gasteiger partial charge in [-0.25, -0.2) is 0 Å². The van der Waals surface area contributed by atoms with Crippen molar-refractivity contribution in [1.82, 2.24) is 0 Å². The standard InChI is InChI=1S/C6H10OS/c1-5-2-3-7-6(8)4-5/h5H,2-4H2,1H3. The second kappa shape index (κ2) is 2.44. The Labute approximate surface area is 55.0 Å². The third-order valence-corrected chi connectivity index (χ3v) is 1.67. The van der Waals surface area contributed by atoms with Gasteiger partial charge >= 0.3 is 0 Å². The molecule has 8 heavy (non-hydrogen) atoms. The van der Waals surface area contributed by atoms with Crippen molar-refractivity contribution in [3.05, 3.63) is 0 Å². The van der Waals surface area contributed by atoms with Gasteiger partial charge in [0.25, 0.3) is 0 Å². The van der Waals surface area contributed by atoms with Crippen molar-refractivity contribution < 1.29 is 4.74 Å². The van der Waals surface area contributed by atoms with Crippen LogP contribution in [0.15, 0.2) is 0 Å². The van der Waals surface area contributed by atoms with Crippen LogP contribution >= 0.6 is 12.2 Å². The van der Waals surface area contributed by atoms with Crippen LogP contribution in [0.1, 0.15) is 19.8 Å². The fraction of sp³-hybridized carbons (Fsp3) is 0.833. The molecule has 0 bridgehead atoms. The highest BCUT2D eigenvalue weighted by atomic mass is 32.1. The molecule has 1 atom stereocenters. The van der Waals surface area contributed by atoms with Crippen molar-refractivity contribution in [1.29, 1.82) is 0 Å². The summed E-state index contributed by atoms with van der Waals surface area (Å²) in [6.07, 6.45) is 2.15. The maximum atomic E-state index is 5.08. The Balaban J connectivity index is 2.34. The first kappa shape index (κ1) is 6.02. The van der Waals surface area contributed by atoms with Gasteiger partial charge < -0.3 is 4.74 Å². The quantitative estimate of drug-likeness (QED) is 0.462. The van der Waals surface area contributed by atoms with Gasteiger partial charge in [-0.15, -0.1) is 0 Å². The number of rotatable bonds is 0. The van der Waals surface area contributed by atoms with E-state index in [1.807, 2.05) is 0 Å². The molecule has 1 saturated heterocycles. The van der Waals surface area contributed by atoms with Crippen LogP contribution in [0, 0.1) is 5.92 Å². The van der Waals surface area contributed by atoms with Gasteiger partial charge in [-0.1, -0.05) is 6.92 Å². The van der Waals surface area contributed by atoms with Crippen molar-refractivity contribution in [3.8, 4) is 0 Å². The van der Waals surface area contributed by atoms with Crippen LogP contribution in [0.25, 0.3) is 0 Å². The maximum Gasteiger partial charge on any atom is 0.159 e. The van der Waals surface area contributed by atoms with Gasteiger partial charge in [-0.05, 0) is 24.6 Å². The maximum absolute atomic E-state index is 5.08. The summed E-state index contributed by atoms with van der Waals surface area (Å²) < 4.78 is 5.08. The van der Waals surface area contributed by atoms with Gasteiger partial charge in [0.05, 0.1) is 6.61 Å². The first-order valence-electron chi connectivity index (χ1n) is 2.94. The first-order chi connectivity index (χ1) is 3.79. The summed E-state index contributed by atoms with van der Waals surface area (Å²) in [5.41, 5.74) is 0. The lowest BCUT2D eigenvalue weighted by Gasteiger charge is -2.18. The molecule has 0 amide bonds. The zero-order valence-corrected chi connectivity index (χ0v) is 5.83. The summed E-state index contributed by atoms with van der Waals surface area (Å²) in [5, 5.41) is 0.795. The predicted molar refractivity (Wildman–Crippen MR) is 36.9 cm³/mol. The number of thiocarbonyl (C=S) groups is 1. The number of hydrogen-bond donors (Lipinski definition) is 0.